The minimum absolute atomic E-state index is 0.377. The standard InChI is InChI=1S/C14H17NO2S2/c1-10-5-7-12(8-6-10)14(15)11(2)19(16,17)13-4-3-9-18-13/h3-9,11,14H,15H2,1-2H3. The third-order valence-electron chi connectivity index (χ3n) is 3.23. The molecule has 0 aliphatic heterocycles. The molecule has 102 valence electrons. The lowest BCUT2D eigenvalue weighted by Gasteiger charge is -2.20. The molecule has 2 aromatic rings. The summed E-state index contributed by atoms with van der Waals surface area (Å²) in [7, 11) is -3.36. The number of aryl methyl sites for hydroxylation is 1. The van der Waals surface area contributed by atoms with Gasteiger partial charge in [0, 0.05) is 6.04 Å². The molecular weight excluding hydrogens is 278 g/mol. The molecule has 0 aliphatic carbocycles. The Hall–Kier alpha value is -1.17. The molecule has 0 spiro atoms. The predicted octanol–water partition coefficient (Wildman–Crippen LogP) is 2.92. The van der Waals surface area contributed by atoms with Crippen LogP contribution in [0.1, 0.15) is 24.1 Å². The quantitative estimate of drug-likeness (QED) is 0.943. The van der Waals surface area contributed by atoms with E-state index in [9.17, 15) is 8.42 Å². The summed E-state index contributed by atoms with van der Waals surface area (Å²) in [5, 5.41) is 1.12. The van der Waals surface area contributed by atoms with Gasteiger partial charge in [-0.1, -0.05) is 35.9 Å². The highest BCUT2D eigenvalue weighted by Gasteiger charge is 2.30. The molecule has 0 fully saturated rings. The van der Waals surface area contributed by atoms with Gasteiger partial charge in [0.05, 0.1) is 5.25 Å². The molecule has 0 aliphatic rings. The van der Waals surface area contributed by atoms with E-state index >= 15 is 0 Å². The maximum Gasteiger partial charge on any atom is 0.192 e. The number of hydrogen-bond donors (Lipinski definition) is 1. The van der Waals surface area contributed by atoms with Crippen molar-refractivity contribution in [1.29, 1.82) is 0 Å². The van der Waals surface area contributed by atoms with E-state index in [0.717, 1.165) is 11.1 Å². The minimum atomic E-state index is -3.36. The van der Waals surface area contributed by atoms with Gasteiger partial charge in [0.1, 0.15) is 4.21 Å². The predicted molar refractivity (Wildman–Crippen MR) is 79.1 cm³/mol. The first kappa shape index (κ1) is 14.2. The summed E-state index contributed by atoms with van der Waals surface area (Å²) in [4.78, 5) is 0. The molecule has 1 aromatic heterocycles. The van der Waals surface area contributed by atoms with Crippen molar-refractivity contribution >= 4 is 21.2 Å². The Morgan fingerprint density at radius 2 is 1.79 bits per heavy atom. The molecule has 2 atom stereocenters. The van der Waals surface area contributed by atoms with Gasteiger partial charge in [-0.05, 0) is 30.9 Å². The van der Waals surface area contributed by atoms with E-state index in [1.54, 1.807) is 24.4 Å². The van der Waals surface area contributed by atoms with E-state index in [4.69, 9.17) is 5.73 Å². The summed E-state index contributed by atoms with van der Waals surface area (Å²) in [6.45, 7) is 3.65. The fourth-order valence-corrected chi connectivity index (χ4v) is 4.65. The Bertz CT molecular complexity index is 631. The van der Waals surface area contributed by atoms with E-state index < -0.39 is 21.1 Å². The zero-order valence-electron chi connectivity index (χ0n) is 10.9. The van der Waals surface area contributed by atoms with Crippen LogP contribution in [0.2, 0.25) is 0 Å². The Labute approximate surface area is 118 Å². The molecule has 3 nitrogen and oxygen atoms in total. The smallest absolute Gasteiger partial charge is 0.192 e. The highest BCUT2D eigenvalue weighted by atomic mass is 32.2. The average Bonchev–Trinajstić information content (AvgIpc) is 2.92. The molecule has 0 amide bonds. The maximum atomic E-state index is 12.4. The molecular formula is C14H17NO2S2. The van der Waals surface area contributed by atoms with Crippen LogP contribution < -0.4 is 5.73 Å². The summed E-state index contributed by atoms with van der Waals surface area (Å²) in [6.07, 6.45) is 0. The van der Waals surface area contributed by atoms with Crippen LogP contribution in [-0.2, 0) is 9.84 Å². The summed E-state index contributed by atoms with van der Waals surface area (Å²) in [6, 6.07) is 10.5. The van der Waals surface area contributed by atoms with E-state index in [0.29, 0.717) is 4.21 Å². The minimum Gasteiger partial charge on any atom is -0.323 e. The van der Waals surface area contributed by atoms with Crippen molar-refractivity contribution in [2.24, 2.45) is 5.73 Å². The fourth-order valence-electron chi connectivity index (χ4n) is 1.86. The maximum absolute atomic E-state index is 12.4. The van der Waals surface area contributed by atoms with Gasteiger partial charge >= 0.3 is 0 Å². The van der Waals surface area contributed by atoms with Crippen LogP contribution in [-0.4, -0.2) is 13.7 Å². The number of rotatable bonds is 4. The second-order valence-corrected chi connectivity index (χ2v) is 8.10. The van der Waals surface area contributed by atoms with Crippen LogP contribution in [0.4, 0.5) is 0 Å². The Morgan fingerprint density at radius 3 is 2.32 bits per heavy atom. The topological polar surface area (TPSA) is 60.2 Å². The van der Waals surface area contributed by atoms with E-state index in [-0.39, 0.29) is 0 Å². The van der Waals surface area contributed by atoms with Gasteiger partial charge in [0.2, 0.25) is 0 Å². The monoisotopic (exact) mass is 295 g/mol. The van der Waals surface area contributed by atoms with Gasteiger partial charge < -0.3 is 5.73 Å². The van der Waals surface area contributed by atoms with Crippen LogP contribution in [0.15, 0.2) is 46.0 Å². The van der Waals surface area contributed by atoms with Crippen molar-refractivity contribution in [3.05, 3.63) is 52.9 Å². The van der Waals surface area contributed by atoms with E-state index in [1.807, 2.05) is 31.2 Å². The zero-order valence-corrected chi connectivity index (χ0v) is 12.5. The third kappa shape index (κ3) is 2.88. The molecule has 19 heavy (non-hydrogen) atoms. The summed E-state index contributed by atoms with van der Waals surface area (Å²) in [5.74, 6) is 0. The molecule has 1 aromatic carbocycles. The summed E-state index contributed by atoms with van der Waals surface area (Å²) >= 11 is 1.23. The lowest BCUT2D eigenvalue weighted by atomic mass is 10.0. The highest BCUT2D eigenvalue weighted by molar-refractivity contribution is 7.94. The van der Waals surface area contributed by atoms with Crippen LogP contribution in [0.25, 0.3) is 0 Å². The molecule has 0 radical (unpaired) electrons. The molecule has 1 heterocycles. The Balaban J connectivity index is 2.29. The molecule has 2 unspecified atom stereocenters. The van der Waals surface area contributed by atoms with Crippen molar-refractivity contribution in [2.45, 2.75) is 29.3 Å². The number of thiophene rings is 1. The van der Waals surface area contributed by atoms with Gasteiger partial charge in [-0.2, -0.15) is 0 Å². The molecule has 2 N–H and O–H groups in total. The Morgan fingerprint density at radius 1 is 1.16 bits per heavy atom. The first-order valence-corrected chi connectivity index (χ1v) is 8.45. The number of benzene rings is 1. The van der Waals surface area contributed by atoms with Crippen molar-refractivity contribution in [1.82, 2.24) is 0 Å². The van der Waals surface area contributed by atoms with Crippen LogP contribution in [0, 0.1) is 6.92 Å². The van der Waals surface area contributed by atoms with Crippen LogP contribution in [0.3, 0.4) is 0 Å². The van der Waals surface area contributed by atoms with Gasteiger partial charge in [-0.15, -0.1) is 11.3 Å². The summed E-state index contributed by atoms with van der Waals surface area (Å²) < 4.78 is 25.2. The van der Waals surface area contributed by atoms with Gasteiger partial charge in [-0.3, -0.25) is 0 Å². The van der Waals surface area contributed by atoms with Crippen molar-refractivity contribution in [3.8, 4) is 0 Å². The lowest BCUT2D eigenvalue weighted by molar-refractivity contribution is 0.567. The lowest BCUT2D eigenvalue weighted by Crippen LogP contribution is -2.30. The molecule has 0 bridgehead atoms. The number of nitrogens with two attached hydrogens (primary N) is 1. The van der Waals surface area contributed by atoms with Gasteiger partial charge in [-0.25, -0.2) is 8.42 Å². The molecule has 0 saturated heterocycles. The zero-order chi connectivity index (χ0) is 14.0. The Kier molecular flexibility index (Phi) is 4.08. The summed E-state index contributed by atoms with van der Waals surface area (Å²) in [5.41, 5.74) is 8.08. The second kappa shape index (κ2) is 5.45. The average molecular weight is 295 g/mol. The van der Waals surface area contributed by atoms with E-state index in [1.165, 1.54) is 11.3 Å². The second-order valence-electron chi connectivity index (χ2n) is 4.62. The first-order valence-electron chi connectivity index (χ1n) is 6.02. The van der Waals surface area contributed by atoms with Crippen LogP contribution in [0.5, 0.6) is 0 Å². The third-order valence-corrected chi connectivity index (χ3v) is 6.85. The van der Waals surface area contributed by atoms with E-state index in [2.05, 4.69) is 0 Å². The van der Waals surface area contributed by atoms with Crippen molar-refractivity contribution in [3.63, 3.8) is 0 Å². The normalized spacial score (nSPS) is 15.1. The largest absolute Gasteiger partial charge is 0.323 e. The van der Waals surface area contributed by atoms with Gasteiger partial charge in [0.25, 0.3) is 0 Å². The number of hydrogen-bond acceptors (Lipinski definition) is 4. The van der Waals surface area contributed by atoms with Crippen molar-refractivity contribution in [2.75, 3.05) is 0 Å². The SMILES string of the molecule is Cc1ccc(C(N)C(C)S(=O)(=O)c2cccs2)cc1. The van der Waals surface area contributed by atoms with Crippen LogP contribution >= 0.6 is 11.3 Å². The van der Waals surface area contributed by atoms with Crippen molar-refractivity contribution < 1.29 is 8.42 Å². The fraction of sp³-hybridized carbons (Fsp3) is 0.286. The molecule has 2 rings (SSSR count). The molecule has 5 heteroatoms. The first-order chi connectivity index (χ1) is 8.93. The number of sulfone groups is 1. The molecule has 0 saturated carbocycles. The highest BCUT2D eigenvalue weighted by Crippen LogP contribution is 2.27. The van der Waals surface area contributed by atoms with Gasteiger partial charge in [0.15, 0.2) is 9.84 Å².